The van der Waals surface area contributed by atoms with Crippen LogP contribution in [0.3, 0.4) is 0 Å². The van der Waals surface area contributed by atoms with E-state index in [9.17, 15) is 5.11 Å². The van der Waals surface area contributed by atoms with Gasteiger partial charge in [0.05, 0.1) is 18.2 Å². The number of nitrogens with zero attached hydrogens (tertiary/aromatic N) is 5. The Labute approximate surface area is 145 Å². The van der Waals surface area contributed by atoms with Gasteiger partial charge in [-0.15, -0.1) is 0 Å². The maximum absolute atomic E-state index is 10.1. The van der Waals surface area contributed by atoms with Gasteiger partial charge in [-0.3, -0.25) is 9.67 Å². The molecule has 0 radical (unpaired) electrons. The number of aliphatic hydroxyl groups excluding tert-OH is 1. The summed E-state index contributed by atoms with van der Waals surface area (Å²) in [5.74, 6) is 1.45. The lowest BCUT2D eigenvalue weighted by atomic mass is 9.83. The Hall–Kier alpha value is -2.80. The molecule has 128 valence electrons. The first-order valence-electron chi connectivity index (χ1n) is 8.46. The molecule has 25 heavy (non-hydrogen) atoms. The lowest BCUT2D eigenvalue weighted by Crippen LogP contribution is -2.51. The van der Waals surface area contributed by atoms with E-state index in [0.29, 0.717) is 12.2 Å². The number of nitrogens with one attached hydrogen (secondary N) is 1. The average molecular weight is 336 g/mol. The maximum Gasteiger partial charge on any atom is 0.161 e. The molecule has 0 bridgehead atoms. The number of hydrogen-bond acceptors (Lipinski definition) is 6. The fraction of sp³-hybridized carbons (Fsp3) is 0.333. The minimum atomic E-state index is -0.399. The minimum absolute atomic E-state index is 0.0831. The van der Waals surface area contributed by atoms with Gasteiger partial charge in [-0.1, -0.05) is 6.92 Å². The van der Waals surface area contributed by atoms with Gasteiger partial charge >= 0.3 is 0 Å². The third kappa shape index (κ3) is 3.10. The molecule has 1 saturated carbocycles. The van der Waals surface area contributed by atoms with Crippen LogP contribution in [-0.2, 0) is 6.42 Å². The third-order valence-electron chi connectivity index (χ3n) is 4.55. The summed E-state index contributed by atoms with van der Waals surface area (Å²) < 4.78 is 1.80. The number of pyridine rings is 1. The number of aryl methyl sites for hydroxylation is 1. The molecule has 3 heterocycles. The second-order valence-corrected chi connectivity index (χ2v) is 6.19. The summed E-state index contributed by atoms with van der Waals surface area (Å²) in [6, 6.07) is 7.63. The normalized spacial score (nSPS) is 22.4. The van der Waals surface area contributed by atoms with Gasteiger partial charge in [0, 0.05) is 42.1 Å². The number of hydrogen-bond donors (Lipinski definition) is 2. The van der Waals surface area contributed by atoms with Crippen molar-refractivity contribution in [3.63, 3.8) is 0 Å². The Bertz CT molecular complexity index is 836. The molecule has 1 fully saturated rings. The summed E-state index contributed by atoms with van der Waals surface area (Å²) in [7, 11) is 0. The Morgan fingerprint density at radius 3 is 2.76 bits per heavy atom. The van der Waals surface area contributed by atoms with Crippen LogP contribution in [0, 0.1) is 0 Å². The molecule has 1 aliphatic rings. The molecule has 3 aromatic heterocycles. The molecule has 4 rings (SSSR count). The fourth-order valence-electron chi connectivity index (χ4n) is 3.15. The van der Waals surface area contributed by atoms with Crippen molar-refractivity contribution >= 4 is 5.82 Å². The van der Waals surface area contributed by atoms with E-state index < -0.39 is 6.10 Å². The van der Waals surface area contributed by atoms with Crippen LogP contribution in [0.4, 0.5) is 5.82 Å². The van der Waals surface area contributed by atoms with E-state index in [-0.39, 0.29) is 12.1 Å². The second-order valence-electron chi connectivity index (χ2n) is 6.19. The van der Waals surface area contributed by atoms with E-state index in [4.69, 9.17) is 0 Å². The van der Waals surface area contributed by atoms with Crippen LogP contribution in [0.5, 0.6) is 0 Å². The molecule has 3 atom stereocenters. The van der Waals surface area contributed by atoms with Gasteiger partial charge in [0.2, 0.25) is 0 Å². The van der Waals surface area contributed by atoms with Crippen molar-refractivity contribution in [2.75, 3.05) is 5.32 Å². The maximum atomic E-state index is 10.1. The first kappa shape index (κ1) is 15.7. The van der Waals surface area contributed by atoms with Gasteiger partial charge in [-0.05, 0) is 31.0 Å². The molecule has 2 N–H and O–H groups in total. The van der Waals surface area contributed by atoms with E-state index in [1.807, 2.05) is 30.5 Å². The lowest BCUT2D eigenvalue weighted by molar-refractivity contribution is 0.0133. The molecule has 0 amide bonds. The summed E-state index contributed by atoms with van der Waals surface area (Å²) in [6.07, 6.45) is 8.17. The van der Waals surface area contributed by atoms with Crippen LogP contribution in [-0.4, -0.2) is 42.0 Å². The van der Waals surface area contributed by atoms with Crippen molar-refractivity contribution in [3.05, 3.63) is 54.7 Å². The molecular weight excluding hydrogens is 316 g/mol. The van der Waals surface area contributed by atoms with E-state index >= 15 is 0 Å². The zero-order chi connectivity index (χ0) is 17.2. The Balaban J connectivity index is 1.60. The summed E-state index contributed by atoms with van der Waals surface area (Å²) in [5.41, 5.74) is 1.91. The Kier molecular flexibility index (Phi) is 4.15. The van der Waals surface area contributed by atoms with E-state index in [2.05, 4.69) is 32.3 Å². The number of anilines is 1. The van der Waals surface area contributed by atoms with Crippen LogP contribution in [0.25, 0.3) is 11.4 Å². The summed E-state index contributed by atoms with van der Waals surface area (Å²) in [5, 5.41) is 17.8. The van der Waals surface area contributed by atoms with Gasteiger partial charge in [-0.2, -0.15) is 5.10 Å². The molecule has 0 spiro atoms. The quantitative estimate of drug-likeness (QED) is 0.741. The number of aromatic nitrogens is 5. The molecule has 1 aliphatic carbocycles. The number of rotatable bonds is 5. The van der Waals surface area contributed by atoms with Crippen LogP contribution < -0.4 is 5.32 Å². The van der Waals surface area contributed by atoms with Gasteiger partial charge < -0.3 is 10.4 Å². The van der Waals surface area contributed by atoms with Crippen molar-refractivity contribution in [2.24, 2.45) is 0 Å². The van der Waals surface area contributed by atoms with Crippen molar-refractivity contribution in [3.8, 4) is 11.4 Å². The topological polar surface area (TPSA) is 88.8 Å². The SMILES string of the molecule is CCc1cc(N[C@H]2C[C@@H](O)[C@@H]2n2cccn2)nc(-c2ccncc2)n1. The molecule has 0 aliphatic heterocycles. The molecule has 0 saturated heterocycles. The molecule has 3 aromatic rings. The lowest BCUT2D eigenvalue weighted by Gasteiger charge is -2.42. The number of aliphatic hydroxyl groups is 1. The summed E-state index contributed by atoms with van der Waals surface area (Å²) >= 11 is 0. The van der Waals surface area contributed by atoms with Crippen molar-refractivity contribution in [1.82, 2.24) is 24.7 Å². The van der Waals surface area contributed by atoms with Crippen LogP contribution >= 0.6 is 0 Å². The summed E-state index contributed by atoms with van der Waals surface area (Å²) in [4.78, 5) is 13.3. The van der Waals surface area contributed by atoms with Gasteiger partial charge in [0.15, 0.2) is 5.82 Å². The van der Waals surface area contributed by atoms with Gasteiger partial charge in [0.25, 0.3) is 0 Å². The summed E-state index contributed by atoms with van der Waals surface area (Å²) in [6.45, 7) is 2.07. The van der Waals surface area contributed by atoms with E-state index in [0.717, 1.165) is 23.5 Å². The fourth-order valence-corrected chi connectivity index (χ4v) is 3.15. The van der Waals surface area contributed by atoms with Gasteiger partial charge in [-0.25, -0.2) is 9.97 Å². The van der Waals surface area contributed by atoms with Crippen molar-refractivity contribution in [1.29, 1.82) is 0 Å². The zero-order valence-electron chi connectivity index (χ0n) is 13.9. The van der Waals surface area contributed by atoms with Crippen LogP contribution in [0.1, 0.15) is 25.1 Å². The van der Waals surface area contributed by atoms with Crippen molar-refractivity contribution < 1.29 is 5.11 Å². The minimum Gasteiger partial charge on any atom is -0.391 e. The molecule has 0 unspecified atom stereocenters. The average Bonchev–Trinajstić information content (AvgIpc) is 3.15. The highest BCUT2D eigenvalue weighted by Gasteiger charge is 2.42. The first-order valence-corrected chi connectivity index (χ1v) is 8.46. The van der Waals surface area contributed by atoms with Crippen LogP contribution in [0.2, 0.25) is 0 Å². The predicted octanol–water partition coefficient (Wildman–Crippen LogP) is 2.08. The highest BCUT2D eigenvalue weighted by Crippen LogP contribution is 2.34. The van der Waals surface area contributed by atoms with E-state index in [1.165, 1.54) is 0 Å². The third-order valence-corrected chi connectivity index (χ3v) is 4.55. The first-order chi connectivity index (χ1) is 12.2. The smallest absolute Gasteiger partial charge is 0.161 e. The molecule has 7 heteroatoms. The standard InChI is InChI=1S/C18H20N6O/c1-2-13-10-16(23-18(21-13)12-4-7-19-8-5-12)22-14-11-15(25)17(14)24-9-3-6-20-24/h3-10,14-15,17,25H,2,11H2,1H3,(H,21,22,23)/t14-,15+,17+/m0/s1. The molecular formula is C18H20N6O. The Morgan fingerprint density at radius 2 is 2.08 bits per heavy atom. The monoisotopic (exact) mass is 336 g/mol. The highest BCUT2D eigenvalue weighted by atomic mass is 16.3. The zero-order valence-corrected chi connectivity index (χ0v) is 13.9. The largest absolute Gasteiger partial charge is 0.391 e. The van der Waals surface area contributed by atoms with Gasteiger partial charge in [0.1, 0.15) is 5.82 Å². The molecule has 0 aromatic carbocycles. The highest BCUT2D eigenvalue weighted by molar-refractivity contribution is 5.57. The van der Waals surface area contributed by atoms with Crippen LogP contribution in [0.15, 0.2) is 49.1 Å². The second kappa shape index (κ2) is 6.60. The van der Waals surface area contributed by atoms with E-state index in [1.54, 1.807) is 23.3 Å². The Morgan fingerprint density at radius 1 is 1.24 bits per heavy atom. The molecule has 7 nitrogen and oxygen atoms in total. The van der Waals surface area contributed by atoms with Crippen molar-refractivity contribution in [2.45, 2.75) is 38.0 Å². The predicted molar refractivity (Wildman–Crippen MR) is 93.9 cm³/mol.